The molecule has 3 heterocycles. The number of nitrogens with one attached hydrogen (secondary N) is 2. The molecule has 1 saturated carbocycles. The SMILES string of the molecule is Fc1cccc(F)c1-c1ccc(NC2CCCC2)nc1.[Na+].[c-]1nc2cccnc2[nH]1. The smallest absolute Gasteiger partial charge is 0.446 e. The Balaban J connectivity index is 0.000000214. The van der Waals surface area contributed by atoms with Gasteiger partial charge in [0.1, 0.15) is 17.5 Å². The largest absolute Gasteiger partial charge is 1.00 e. The van der Waals surface area contributed by atoms with Crippen molar-refractivity contribution in [3.8, 4) is 11.1 Å². The average Bonchev–Trinajstić information content (AvgIpc) is 3.41. The molecule has 0 saturated heterocycles. The van der Waals surface area contributed by atoms with Crippen LogP contribution in [0.3, 0.4) is 0 Å². The summed E-state index contributed by atoms with van der Waals surface area (Å²) in [5, 5.41) is 3.35. The molecule has 30 heavy (non-hydrogen) atoms. The van der Waals surface area contributed by atoms with Gasteiger partial charge in [0.15, 0.2) is 0 Å². The molecule has 0 bridgehead atoms. The first-order chi connectivity index (χ1) is 14.2. The number of halogens is 2. The summed E-state index contributed by atoms with van der Waals surface area (Å²) in [6.45, 7) is 0. The normalized spacial score (nSPS) is 13.4. The molecule has 4 aromatic rings. The second-order valence-electron chi connectivity index (χ2n) is 6.87. The number of pyridine rings is 2. The summed E-state index contributed by atoms with van der Waals surface area (Å²) >= 11 is 0. The fraction of sp³-hybridized carbons (Fsp3) is 0.227. The van der Waals surface area contributed by atoms with Gasteiger partial charge in [-0.3, -0.25) is 0 Å². The maximum absolute atomic E-state index is 13.7. The Morgan fingerprint density at radius 3 is 2.40 bits per heavy atom. The summed E-state index contributed by atoms with van der Waals surface area (Å²) < 4.78 is 27.4. The molecule has 0 radical (unpaired) electrons. The third kappa shape index (κ3) is 5.41. The van der Waals surface area contributed by atoms with Crippen LogP contribution in [0.1, 0.15) is 25.7 Å². The van der Waals surface area contributed by atoms with Crippen molar-refractivity contribution in [3.63, 3.8) is 0 Å². The molecule has 1 aliphatic rings. The van der Waals surface area contributed by atoms with Gasteiger partial charge in [0.25, 0.3) is 0 Å². The number of anilines is 1. The van der Waals surface area contributed by atoms with Crippen LogP contribution in [0.2, 0.25) is 0 Å². The summed E-state index contributed by atoms with van der Waals surface area (Å²) in [7, 11) is 0. The number of aromatic nitrogens is 4. The van der Waals surface area contributed by atoms with Crippen molar-refractivity contribution < 1.29 is 38.3 Å². The van der Waals surface area contributed by atoms with Crippen molar-refractivity contribution in [2.24, 2.45) is 0 Å². The van der Waals surface area contributed by atoms with Crippen LogP contribution in [-0.4, -0.2) is 26.0 Å². The van der Waals surface area contributed by atoms with Gasteiger partial charge < -0.3 is 20.3 Å². The van der Waals surface area contributed by atoms with Gasteiger partial charge in [-0.05, 0) is 43.4 Å². The van der Waals surface area contributed by atoms with Gasteiger partial charge in [-0.1, -0.05) is 36.6 Å². The molecule has 148 valence electrons. The van der Waals surface area contributed by atoms with Gasteiger partial charge in [0, 0.05) is 29.6 Å². The molecule has 0 spiro atoms. The molecule has 5 nitrogen and oxygen atoms in total. The standard InChI is InChI=1S/C16H16F2N2.C6H4N3.Na/c17-13-6-3-7-14(18)16(13)11-8-9-15(19-10-11)20-12-4-1-2-5-12;1-2-5-6(7-3-1)9-4-8-5;/h3,6-10,12H,1-2,4-5H2,(H,19,20);1-3H,(H,7,8,9);/q;-1;+1. The Morgan fingerprint density at radius 2 is 1.73 bits per heavy atom. The van der Waals surface area contributed by atoms with Crippen LogP contribution in [0.5, 0.6) is 0 Å². The molecule has 8 heteroatoms. The van der Waals surface area contributed by atoms with Gasteiger partial charge >= 0.3 is 29.6 Å². The third-order valence-electron chi connectivity index (χ3n) is 4.86. The Hall–Kier alpha value is -2.35. The van der Waals surface area contributed by atoms with E-state index in [1.165, 1.54) is 37.2 Å². The molecule has 3 aromatic heterocycles. The van der Waals surface area contributed by atoms with Crippen molar-refractivity contribution >= 4 is 17.0 Å². The van der Waals surface area contributed by atoms with Crippen LogP contribution < -0.4 is 34.9 Å². The van der Waals surface area contributed by atoms with E-state index < -0.39 is 11.6 Å². The topological polar surface area (TPSA) is 66.5 Å². The summed E-state index contributed by atoms with van der Waals surface area (Å²) in [6, 6.07) is 11.5. The van der Waals surface area contributed by atoms with Gasteiger partial charge in [0.2, 0.25) is 0 Å². The van der Waals surface area contributed by atoms with E-state index in [9.17, 15) is 8.78 Å². The van der Waals surface area contributed by atoms with Crippen molar-refractivity contribution in [2.75, 3.05) is 5.32 Å². The van der Waals surface area contributed by atoms with Crippen LogP contribution >= 0.6 is 0 Å². The monoisotopic (exact) mass is 415 g/mol. The van der Waals surface area contributed by atoms with Crippen LogP contribution in [0, 0.1) is 18.0 Å². The number of hydrogen-bond acceptors (Lipinski definition) is 4. The first-order valence-corrected chi connectivity index (χ1v) is 9.54. The summed E-state index contributed by atoms with van der Waals surface area (Å²) in [5.74, 6) is -0.371. The Morgan fingerprint density at radius 1 is 0.967 bits per heavy atom. The first kappa shape index (κ1) is 22.3. The fourth-order valence-electron chi connectivity index (χ4n) is 3.40. The fourth-order valence-corrected chi connectivity index (χ4v) is 3.40. The molecule has 1 fully saturated rings. The van der Waals surface area contributed by atoms with E-state index in [0.29, 0.717) is 11.6 Å². The number of imidazole rings is 1. The third-order valence-corrected chi connectivity index (χ3v) is 4.86. The first-order valence-electron chi connectivity index (χ1n) is 9.54. The van der Waals surface area contributed by atoms with E-state index >= 15 is 0 Å². The quantitative estimate of drug-likeness (QED) is 0.398. The summed E-state index contributed by atoms with van der Waals surface area (Å²) in [6.07, 6.45) is 10.6. The van der Waals surface area contributed by atoms with Crippen LogP contribution in [0.4, 0.5) is 14.6 Å². The summed E-state index contributed by atoms with van der Waals surface area (Å²) in [5.41, 5.74) is 2.08. The second-order valence-corrected chi connectivity index (χ2v) is 6.87. The predicted octanol–water partition coefficient (Wildman–Crippen LogP) is 2.14. The molecular weight excluding hydrogens is 395 g/mol. The van der Waals surface area contributed by atoms with Gasteiger partial charge in [0.05, 0.1) is 5.56 Å². The average molecular weight is 415 g/mol. The van der Waals surface area contributed by atoms with Crippen LogP contribution in [0.15, 0.2) is 54.9 Å². The van der Waals surface area contributed by atoms with E-state index in [2.05, 4.69) is 31.6 Å². The molecule has 0 amide bonds. The van der Waals surface area contributed by atoms with Crippen molar-refractivity contribution in [1.82, 2.24) is 19.9 Å². The molecule has 2 N–H and O–H groups in total. The number of H-pyrrole nitrogens is 1. The van der Waals surface area contributed by atoms with Crippen LogP contribution in [-0.2, 0) is 0 Å². The molecule has 1 aliphatic carbocycles. The molecule has 0 atom stereocenters. The number of nitrogens with zero attached hydrogens (tertiary/aromatic N) is 3. The maximum Gasteiger partial charge on any atom is 1.00 e. The zero-order valence-corrected chi connectivity index (χ0v) is 18.7. The Kier molecular flexibility index (Phi) is 7.90. The van der Waals surface area contributed by atoms with Gasteiger partial charge in [-0.2, -0.15) is 0 Å². The number of rotatable bonds is 3. The minimum atomic E-state index is -0.566. The zero-order valence-electron chi connectivity index (χ0n) is 16.7. The van der Waals surface area contributed by atoms with Crippen LogP contribution in [0.25, 0.3) is 22.3 Å². The summed E-state index contributed by atoms with van der Waals surface area (Å²) in [4.78, 5) is 14.9. The minimum absolute atomic E-state index is 0. The molecule has 1 aromatic carbocycles. The Bertz CT molecular complexity index is 1030. The minimum Gasteiger partial charge on any atom is -0.446 e. The van der Waals surface area contributed by atoms with Crippen molar-refractivity contribution in [1.29, 1.82) is 0 Å². The number of aromatic amines is 1. The molecule has 0 unspecified atom stereocenters. The number of benzene rings is 1. The molecule has 0 aliphatic heterocycles. The van der Waals surface area contributed by atoms with Crippen molar-refractivity contribution in [2.45, 2.75) is 31.7 Å². The van der Waals surface area contributed by atoms with Crippen molar-refractivity contribution in [3.05, 3.63) is 72.8 Å². The van der Waals surface area contributed by atoms with Gasteiger partial charge in [-0.25, -0.2) is 13.8 Å². The molecule has 5 rings (SSSR count). The van der Waals surface area contributed by atoms with E-state index in [-0.39, 0.29) is 35.1 Å². The Labute approximate surface area is 195 Å². The van der Waals surface area contributed by atoms with E-state index in [4.69, 9.17) is 0 Å². The molecular formula is C22H20F2N5Na. The number of fused-ring (bicyclic) bond motifs is 1. The zero-order chi connectivity index (χ0) is 20.1. The van der Waals surface area contributed by atoms with E-state index in [0.717, 1.165) is 29.8 Å². The van der Waals surface area contributed by atoms with Gasteiger partial charge in [-0.15, -0.1) is 0 Å². The predicted molar refractivity (Wildman–Crippen MR) is 108 cm³/mol. The van der Waals surface area contributed by atoms with E-state index in [1.807, 2.05) is 12.1 Å². The van der Waals surface area contributed by atoms with E-state index in [1.54, 1.807) is 18.3 Å². The number of hydrogen-bond donors (Lipinski definition) is 2. The second kappa shape index (κ2) is 10.6. The maximum atomic E-state index is 13.7.